The van der Waals surface area contributed by atoms with Crippen molar-refractivity contribution >= 4 is 51.5 Å². The number of amides is 2. The van der Waals surface area contributed by atoms with Crippen molar-refractivity contribution in [1.29, 1.82) is 0 Å². The smallest absolute Gasteiger partial charge is 0.289 e. The van der Waals surface area contributed by atoms with Crippen LogP contribution in [0.1, 0.15) is 32.0 Å². The molecule has 5 rings (SSSR count). The van der Waals surface area contributed by atoms with E-state index in [4.69, 9.17) is 16.6 Å². The number of piperazine rings is 1. The second-order valence-corrected chi connectivity index (χ2v) is 9.67. The lowest BCUT2D eigenvalue weighted by Gasteiger charge is -2.35. The van der Waals surface area contributed by atoms with E-state index in [2.05, 4.69) is 15.5 Å². The normalized spacial score (nSPS) is 13.5. The van der Waals surface area contributed by atoms with Gasteiger partial charge in [-0.25, -0.2) is 0 Å². The second kappa shape index (κ2) is 10.4. The van der Waals surface area contributed by atoms with Crippen molar-refractivity contribution in [2.75, 3.05) is 36.4 Å². The Bertz CT molecular complexity index is 1420. The lowest BCUT2D eigenvalue weighted by atomic mass is 10.1. The maximum Gasteiger partial charge on any atom is 0.289 e. The molecule has 37 heavy (non-hydrogen) atoms. The highest BCUT2D eigenvalue weighted by molar-refractivity contribution is 7.80. The number of benzene rings is 3. The van der Waals surface area contributed by atoms with Crippen LogP contribution in [0.2, 0.25) is 0 Å². The fourth-order valence-electron chi connectivity index (χ4n) is 4.61. The number of carbonyl (C=O) groups excluding carboxylic acids is 2. The van der Waals surface area contributed by atoms with Crippen LogP contribution < -0.4 is 15.5 Å². The third-order valence-electron chi connectivity index (χ3n) is 6.40. The maximum absolute atomic E-state index is 12.9. The Morgan fingerprint density at radius 3 is 2.22 bits per heavy atom. The topological polar surface area (TPSA) is 77.8 Å². The summed E-state index contributed by atoms with van der Waals surface area (Å²) in [5.74, 6) is 0.0634. The van der Waals surface area contributed by atoms with Gasteiger partial charge in [-0.2, -0.15) is 0 Å². The van der Waals surface area contributed by atoms with Crippen LogP contribution in [0.3, 0.4) is 0 Å². The molecule has 8 heteroatoms. The summed E-state index contributed by atoms with van der Waals surface area (Å²) >= 11 is 5.34. The van der Waals surface area contributed by atoms with E-state index in [1.165, 1.54) is 0 Å². The molecular weight excluding hydrogens is 484 g/mol. The molecule has 7 nitrogen and oxygen atoms in total. The van der Waals surface area contributed by atoms with Crippen molar-refractivity contribution in [3.8, 4) is 0 Å². The van der Waals surface area contributed by atoms with Gasteiger partial charge in [0, 0.05) is 48.5 Å². The van der Waals surface area contributed by atoms with E-state index in [0.29, 0.717) is 24.4 Å². The number of furan rings is 1. The summed E-state index contributed by atoms with van der Waals surface area (Å²) in [6, 6.07) is 23.0. The number of aryl methyl sites for hydroxylation is 2. The van der Waals surface area contributed by atoms with Crippen molar-refractivity contribution in [2.24, 2.45) is 0 Å². The number of hydrogen-bond donors (Lipinski definition) is 2. The van der Waals surface area contributed by atoms with Crippen LogP contribution in [0.15, 0.2) is 77.2 Å². The average Bonchev–Trinajstić information content (AvgIpc) is 3.33. The zero-order valence-corrected chi connectivity index (χ0v) is 21.6. The summed E-state index contributed by atoms with van der Waals surface area (Å²) in [5.41, 5.74) is 5.20. The number of thiocarbonyl (C=S) groups is 1. The minimum absolute atomic E-state index is 0.0771. The standard InChI is InChI=1S/C29H28N4O3S/c1-19-15-20(2)17-22(16-19)27(34)31-29(37)30-23-7-9-24(10-8-23)32-11-13-33(14-12-32)28(35)26-18-21-5-3-4-6-25(21)36-26/h3-10,15-18H,11-14H2,1-2H3,(H2,30,31,34,37). The molecule has 0 bridgehead atoms. The van der Waals surface area contributed by atoms with Gasteiger partial charge in [-0.05, 0) is 74.6 Å². The van der Waals surface area contributed by atoms with Gasteiger partial charge in [0.1, 0.15) is 5.58 Å². The van der Waals surface area contributed by atoms with E-state index in [1.54, 1.807) is 0 Å². The van der Waals surface area contributed by atoms with Gasteiger partial charge >= 0.3 is 0 Å². The first-order valence-electron chi connectivity index (χ1n) is 12.2. The molecule has 0 unspecified atom stereocenters. The number of anilines is 2. The first-order valence-corrected chi connectivity index (χ1v) is 12.6. The molecule has 188 valence electrons. The number of nitrogens with one attached hydrogen (secondary N) is 2. The zero-order valence-electron chi connectivity index (χ0n) is 20.8. The summed E-state index contributed by atoms with van der Waals surface area (Å²) in [7, 11) is 0. The van der Waals surface area contributed by atoms with Crippen LogP contribution in [0.4, 0.5) is 11.4 Å². The predicted octanol–water partition coefficient (Wildman–Crippen LogP) is 5.14. The molecule has 0 aliphatic carbocycles. The molecule has 1 saturated heterocycles. The Morgan fingerprint density at radius 2 is 1.54 bits per heavy atom. The lowest BCUT2D eigenvalue weighted by Crippen LogP contribution is -2.48. The Hall–Kier alpha value is -4.17. The highest BCUT2D eigenvalue weighted by atomic mass is 32.1. The molecule has 1 aliphatic rings. The fourth-order valence-corrected chi connectivity index (χ4v) is 4.82. The first kappa shape index (κ1) is 24.5. The van der Waals surface area contributed by atoms with E-state index < -0.39 is 0 Å². The third kappa shape index (κ3) is 5.65. The largest absolute Gasteiger partial charge is 0.451 e. The Balaban J connectivity index is 1.14. The molecule has 2 heterocycles. The van der Waals surface area contributed by atoms with Crippen molar-refractivity contribution in [3.05, 3.63) is 95.2 Å². The molecule has 1 aromatic heterocycles. The van der Waals surface area contributed by atoms with Gasteiger partial charge in [0.15, 0.2) is 10.9 Å². The average molecular weight is 513 g/mol. The molecule has 0 saturated carbocycles. The molecule has 0 atom stereocenters. The molecule has 4 aromatic rings. The molecule has 2 N–H and O–H groups in total. The number of hydrogen-bond acceptors (Lipinski definition) is 5. The van der Waals surface area contributed by atoms with Crippen LogP contribution >= 0.6 is 12.2 Å². The predicted molar refractivity (Wildman–Crippen MR) is 150 cm³/mol. The van der Waals surface area contributed by atoms with Crippen LogP contribution in [-0.4, -0.2) is 48.0 Å². The van der Waals surface area contributed by atoms with Crippen molar-refractivity contribution in [3.63, 3.8) is 0 Å². The van der Waals surface area contributed by atoms with E-state index in [9.17, 15) is 9.59 Å². The summed E-state index contributed by atoms with van der Waals surface area (Å²) in [6.45, 7) is 6.60. The molecule has 1 aliphatic heterocycles. The van der Waals surface area contributed by atoms with E-state index in [1.807, 2.05) is 91.5 Å². The molecular formula is C29H28N4O3S. The third-order valence-corrected chi connectivity index (χ3v) is 6.61. The van der Waals surface area contributed by atoms with Gasteiger partial charge in [-0.1, -0.05) is 35.4 Å². The Labute approximate surface area is 221 Å². The number of rotatable bonds is 4. The quantitative estimate of drug-likeness (QED) is 0.369. The van der Waals surface area contributed by atoms with Gasteiger partial charge in [-0.3, -0.25) is 14.9 Å². The van der Waals surface area contributed by atoms with E-state index in [0.717, 1.165) is 46.6 Å². The monoisotopic (exact) mass is 512 g/mol. The van der Waals surface area contributed by atoms with E-state index in [-0.39, 0.29) is 16.9 Å². The molecule has 2 amide bonds. The number of nitrogens with zero attached hydrogens (tertiary/aromatic N) is 2. The molecule has 1 fully saturated rings. The van der Waals surface area contributed by atoms with Crippen molar-refractivity contribution < 1.29 is 14.0 Å². The van der Waals surface area contributed by atoms with Crippen LogP contribution in [0, 0.1) is 13.8 Å². The van der Waals surface area contributed by atoms with Gasteiger partial charge in [0.2, 0.25) is 0 Å². The molecule has 0 spiro atoms. The van der Waals surface area contributed by atoms with Crippen LogP contribution in [0.5, 0.6) is 0 Å². The van der Waals surface area contributed by atoms with Crippen LogP contribution in [0.25, 0.3) is 11.0 Å². The fraction of sp³-hybridized carbons (Fsp3) is 0.207. The first-order chi connectivity index (χ1) is 17.9. The summed E-state index contributed by atoms with van der Waals surface area (Å²) in [6.07, 6.45) is 0. The number of carbonyl (C=O) groups is 2. The van der Waals surface area contributed by atoms with E-state index >= 15 is 0 Å². The Kier molecular flexibility index (Phi) is 6.92. The highest BCUT2D eigenvalue weighted by Gasteiger charge is 2.24. The van der Waals surface area contributed by atoms with Gasteiger partial charge in [0.25, 0.3) is 11.8 Å². The molecule has 3 aromatic carbocycles. The number of fused-ring (bicyclic) bond motifs is 1. The van der Waals surface area contributed by atoms with Crippen molar-refractivity contribution in [2.45, 2.75) is 13.8 Å². The number of para-hydroxylation sites is 1. The minimum atomic E-state index is -0.240. The minimum Gasteiger partial charge on any atom is -0.451 e. The molecule has 0 radical (unpaired) electrons. The highest BCUT2D eigenvalue weighted by Crippen LogP contribution is 2.23. The van der Waals surface area contributed by atoms with Gasteiger partial charge in [0.05, 0.1) is 0 Å². The van der Waals surface area contributed by atoms with Crippen molar-refractivity contribution in [1.82, 2.24) is 10.2 Å². The zero-order chi connectivity index (χ0) is 25.9. The summed E-state index contributed by atoms with van der Waals surface area (Å²) in [5, 5.41) is 6.99. The van der Waals surface area contributed by atoms with Gasteiger partial charge in [-0.15, -0.1) is 0 Å². The SMILES string of the molecule is Cc1cc(C)cc(C(=O)NC(=S)Nc2ccc(N3CCN(C(=O)c4cc5ccccc5o4)CC3)cc2)c1. The lowest BCUT2D eigenvalue weighted by molar-refractivity contribution is 0.0717. The maximum atomic E-state index is 12.9. The second-order valence-electron chi connectivity index (χ2n) is 9.26. The summed E-state index contributed by atoms with van der Waals surface area (Å²) < 4.78 is 5.75. The van der Waals surface area contributed by atoms with Gasteiger partial charge < -0.3 is 19.5 Å². The Morgan fingerprint density at radius 1 is 0.865 bits per heavy atom. The van der Waals surface area contributed by atoms with Crippen LogP contribution in [-0.2, 0) is 0 Å². The summed E-state index contributed by atoms with van der Waals surface area (Å²) in [4.78, 5) is 29.5.